The average Bonchev–Trinajstić information content (AvgIpc) is 3.10. The van der Waals surface area contributed by atoms with E-state index >= 15 is 4.39 Å². The molecule has 7 nitrogen and oxygen atoms in total. The molecule has 1 aliphatic carbocycles. The van der Waals surface area contributed by atoms with E-state index in [0.29, 0.717) is 41.1 Å². The molecule has 158 valence electrons. The van der Waals surface area contributed by atoms with Gasteiger partial charge >= 0.3 is 0 Å². The van der Waals surface area contributed by atoms with Crippen molar-refractivity contribution in [2.45, 2.75) is 18.9 Å². The van der Waals surface area contributed by atoms with E-state index < -0.39 is 5.82 Å². The normalized spacial score (nSPS) is 26.3. The molecule has 2 aliphatic heterocycles. The first-order valence-corrected chi connectivity index (χ1v) is 10.5. The Labute approximate surface area is 183 Å². The predicted octanol–water partition coefficient (Wildman–Crippen LogP) is 3.42. The topological polar surface area (TPSA) is 96.8 Å². The third-order valence-corrected chi connectivity index (χ3v) is 6.29. The van der Waals surface area contributed by atoms with Crippen LogP contribution in [-0.2, 0) is 0 Å². The predicted molar refractivity (Wildman–Crippen MR) is 119 cm³/mol. The highest BCUT2D eigenvalue weighted by molar-refractivity contribution is 6.03. The average molecular weight is 427 g/mol. The third kappa shape index (κ3) is 2.77. The molecule has 3 aromatic rings. The SMILES string of the molecule is N[N+]12C=CN=CC1=C(C1CC(O)C1)N=C2c1ccc2ccc(-c3ccccn3)nc2c1F. The molecule has 1 saturated carbocycles. The fourth-order valence-corrected chi connectivity index (χ4v) is 4.48. The Balaban J connectivity index is 1.49. The number of allylic oxidation sites excluding steroid dienone is 2. The van der Waals surface area contributed by atoms with Crippen LogP contribution in [-0.4, -0.2) is 37.8 Å². The van der Waals surface area contributed by atoms with Crippen molar-refractivity contribution in [3.05, 3.63) is 83.8 Å². The molecule has 8 heteroatoms. The zero-order chi connectivity index (χ0) is 21.9. The first kappa shape index (κ1) is 19.1. The summed E-state index contributed by atoms with van der Waals surface area (Å²) in [7, 11) is 0. The molecular formula is C24H20FN6O+. The van der Waals surface area contributed by atoms with Crippen LogP contribution in [0.4, 0.5) is 4.39 Å². The van der Waals surface area contributed by atoms with Gasteiger partial charge in [-0.3, -0.25) is 9.98 Å². The molecule has 0 radical (unpaired) electrons. The number of benzene rings is 1. The first-order valence-electron chi connectivity index (χ1n) is 10.5. The molecule has 3 N–H and O–H groups in total. The maximum atomic E-state index is 15.9. The van der Waals surface area contributed by atoms with Gasteiger partial charge in [0, 0.05) is 17.5 Å². The number of fused-ring (bicyclic) bond motifs is 2. The van der Waals surface area contributed by atoms with Crippen molar-refractivity contribution in [3.8, 4) is 11.4 Å². The second-order valence-corrected chi connectivity index (χ2v) is 8.29. The number of aliphatic imine (C=N–C) groups is 2. The van der Waals surface area contributed by atoms with Crippen molar-refractivity contribution in [1.82, 2.24) is 9.97 Å². The lowest BCUT2D eigenvalue weighted by atomic mass is 9.79. The standard InChI is InChI=1S/C24H20FN6O/c25-21-17(6-4-14-5-7-19(29-23(14)21)18-3-1-2-8-28-18)24-30-22(15-11-16(32)12-15)20-13-27-9-10-31(20,24)26/h1-10,13,15-16,32H,11-12,26H2/q+1. The van der Waals surface area contributed by atoms with Gasteiger partial charge in [0.15, 0.2) is 5.82 Å². The minimum atomic E-state index is -0.480. The van der Waals surface area contributed by atoms with E-state index in [4.69, 9.17) is 10.8 Å². The lowest BCUT2D eigenvalue weighted by molar-refractivity contribution is -0.750. The summed E-state index contributed by atoms with van der Waals surface area (Å²) in [6.45, 7) is 0. The van der Waals surface area contributed by atoms with E-state index in [1.165, 1.54) is 0 Å². The molecule has 0 saturated heterocycles. The third-order valence-electron chi connectivity index (χ3n) is 6.29. The van der Waals surface area contributed by atoms with E-state index in [2.05, 4.69) is 15.0 Å². The molecule has 1 unspecified atom stereocenters. The lowest BCUT2D eigenvalue weighted by Crippen LogP contribution is -2.53. The smallest absolute Gasteiger partial charge is 0.267 e. The summed E-state index contributed by atoms with van der Waals surface area (Å²) in [5.41, 5.74) is 3.25. The van der Waals surface area contributed by atoms with Gasteiger partial charge in [-0.15, -0.1) is 4.59 Å². The number of aromatic nitrogens is 2. The number of quaternary nitrogens is 1. The largest absolute Gasteiger partial charge is 0.393 e. The van der Waals surface area contributed by atoms with Gasteiger partial charge in [0.2, 0.25) is 5.70 Å². The van der Waals surface area contributed by atoms with Gasteiger partial charge in [-0.05, 0) is 37.1 Å². The molecule has 2 aromatic heterocycles. The van der Waals surface area contributed by atoms with Gasteiger partial charge < -0.3 is 5.11 Å². The zero-order valence-electron chi connectivity index (χ0n) is 17.1. The molecule has 0 amide bonds. The van der Waals surface area contributed by atoms with Gasteiger partial charge in [-0.1, -0.05) is 18.2 Å². The van der Waals surface area contributed by atoms with Gasteiger partial charge in [-0.2, -0.15) is 10.8 Å². The second-order valence-electron chi connectivity index (χ2n) is 8.29. The maximum Gasteiger partial charge on any atom is 0.267 e. The number of aliphatic hydroxyl groups is 1. The molecule has 0 bridgehead atoms. The highest BCUT2D eigenvalue weighted by Crippen LogP contribution is 2.42. The molecule has 1 fully saturated rings. The molecular weight excluding hydrogens is 407 g/mol. The van der Waals surface area contributed by atoms with Crippen molar-refractivity contribution >= 4 is 23.0 Å². The monoisotopic (exact) mass is 427 g/mol. The zero-order valence-corrected chi connectivity index (χ0v) is 17.1. The Kier molecular flexibility index (Phi) is 4.16. The lowest BCUT2D eigenvalue weighted by Gasteiger charge is -2.31. The Bertz CT molecular complexity index is 1370. The highest BCUT2D eigenvalue weighted by Gasteiger charge is 2.48. The Morgan fingerprint density at radius 1 is 1.06 bits per heavy atom. The molecule has 4 heterocycles. The number of hydrogen-bond acceptors (Lipinski definition) is 6. The summed E-state index contributed by atoms with van der Waals surface area (Å²) in [5, 5.41) is 10.5. The van der Waals surface area contributed by atoms with Crippen molar-refractivity contribution < 1.29 is 14.1 Å². The molecule has 0 spiro atoms. The van der Waals surface area contributed by atoms with E-state index in [-0.39, 0.29) is 27.7 Å². The van der Waals surface area contributed by atoms with Crippen LogP contribution in [0.3, 0.4) is 0 Å². The van der Waals surface area contributed by atoms with E-state index in [0.717, 1.165) is 5.70 Å². The number of nitrogens with two attached hydrogens (primary N) is 1. The van der Waals surface area contributed by atoms with Crippen molar-refractivity contribution in [2.24, 2.45) is 21.7 Å². The minimum absolute atomic E-state index is 0.0777. The van der Waals surface area contributed by atoms with Crippen LogP contribution < -0.4 is 5.84 Å². The van der Waals surface area contributed by atoms with Crippen LogP contribution in [0.2, 0.25) is 0 Å². The highest BCUT2D eigenvalue weighted by atomic mass is 19.1. The van der Waals surface area contributed by atoms with Gasteiger partial charge in [-0.25, -0.2) is 9.37 Å². The minimum Gasteiger partial charge on any atom is -0.393 e. The summed E-state index contributed by atoms with van der Waals surface area (Å²) in [4.78, 5) is 17.9. The summed E-state index contributed by atoms with van der Waals surface area (Å²) >= 11 is 0. The van der Waals surface area contributed by atoms with Gasteiger partial charge in [0.25, 0.3) is 5.84 Å². The van der Waals surface area contributed by atoms with E-state index in [9.17, 15) is 5.11 Å². The summed E-state index contributed by atoms with van der Waals surface area (Å²) < 4.78 is 15.6. The number of halogens is 1. The number of rotatable bonds is 3. The Morgan fingerprint density at radius 2 is 1.91 bits per heavy atom. The van der Waals surface area contributed by atoms with Crippen molar-refractivity contribution in [3.63, 3.8) is 0 Å². The Hall–Kier alpha value is -3.59. The molecule has 3 aliphatic rings. The van der Waals surface area contributed by atoms with Crippen molar-refractivity contribution in [1.29, 1.82) is 0 Å². The van der Waals surface area contributed by atoms with Crippen LogP contribution >= 0.6 is 0 Å². The van der Waals surface area contributed by atoms with E-state index in [1.807, 2.05) is 36.4 Å². The summed E-state index contributed by atoms with van der Waals surface area (Å²) in [5.74, 6) is 6.70. The van der Waals surface area contributed by atoms with Crippen LogP contribution in [0, 0.1) is 11.7 Å². The number of nitrogens with zero attached hydrogens (tertiary/aromatic N) is 5. The Morgan fingerprint density at radius 3 is 2.69 bits per heavy atom. The number of pyridine rings is 2. The summed E-state index contributed by atoms with van der Waals surface area (Å²) in [6, 6.07) is 12.7. The second kappa shape index (κ2) is 6.96. The summed E-state index contributed by atoms with van der Waals surface area (Å²) in [6.07, 6.45) is 7.53. The van der Waals surface area contributed by atoms with Crippen LogP contribution in [0.25, 0.3) is 22.3 Å². The number of hydrogen-bond donors (Lipinski definition) is 2. The quantitative estimate of drug-likeness (QED) is 0.494. The number of aliphatic hydroxyl groups excluding tert-OH is 1. The van der Waals surface area contributed by atoms with Gasteiger partial charge in [0.05, 0.1) is 35.5 Å². The fourth-order valence-electron chi connectivity index (χ4n) is 4.48. The van der Waals surface area contributed by atoms with Gasteiger partial charge in [0.1, 0.15) is 17.4 Å². The van der Waals surface area contributed by atoms with Crippen molar-refractivity contribution in [2.75, 3.05) is 0 Å². The molecule has 6 rings (SSSR count). The van der Waals surface area contributed by atoms with Crippen LogP contribution in [0.1, 0.15) is 18.4 Å². The molecule has 32 heavy (non-hydrogen) atoms. The van der Waals surface area contributed by atoms with Crippen LogP contribution in [0.5, 0.6) is 0 Å². The van der Waals surface area contributed by atoms with Crippen LogP contribution in [0.15, 0.2) is 82.4 Å². The maximum absolute atomic E-state index is 15.9. The van der Waals surface area contributed by atoms with E-state index in [1.54, 1.807) is 30.9 Å². The first-order chi connectivity index (χ1) is 15.5. The molecule has 1 aromatic carbocycles. The number of amidine groups is 1. The fraction of sp³-hybridized carbons (Fsp3) is 0.167. The molecule has 1 atom stereocenters.